The van der Waals surface area contributed by atoms with Crippen molar-refractivity contribution in [3.8, 4) is 0 Å². The third-order valence-corrected chi connectivity index (χ3v) is 2.22. The monoisotopic (exact) mass is 248 g/mol. The van der Waals surface area contributed by atoms with E-state index in [0.717, 1.165) is 0 Å². The molecule has 0 bridgehead atoms. The Hall–Kier alpha value is -0.520. The largest absolute Gasteiger partial charge is 0.384 e. The summed E-state index contributed by atoms with van der Waals surface area (Å²) in [5, 5.41) is 9.67. The summed E-state index contributed by atoms with van der Waals surface area (Å²) in [7, 11) is 0. The average Bonchev–Trinajstić information content (AvgIpc) is 2.09. The van der Waals surface area contributed by atoms with Gasteiger partial charge in [0.05, 0.1) is 0 Å². The Morgan fingerprint density at radius 1 is 1.77 bits per heavy atom. The minimum atomic E-state index is -1.37. The highest BCUT2D eigenvalue weighted by Crippen LogP contribution is 2.23. The van der Waals surface area contributed by atoms with E-state index in [1.807, 2.05) is 0 Å². The molecule has 3 N–H and O–H groups in total. The fourth-order valence-corrected chi connectivity index (χ4v) is 1.24. The maximum Gasteiger partial charge on any atom is 0.219 e. The van der Waals surface area contributed by atoms with E-state index in [9.17, 15) is 9.50 Å². The number of aromatic nitrogens is 1. The van der Waals surface area contributed by atoms with E-state index in [2.05, 4.69) is 20.9 Å². The third kappa shape index (κ3) is 2.24. The van der Waals surface area contributed by atoms with Crippen LogP contribution >= 0.6 is 15.9 Å². The van der Waals surface area contributed by atoms with Gasteiger partial charge in [0.1, 0.15) is 5.60 Å². The van der Waals surface area contributed by atoms with Crippen molar-refractivity contribution in [1.29, 1.82) is 0 Å². The number of halogens is 2. The van der Waals surface area contributed by atoms with Gasteiger partial charge in [-0.05, 0) is 28.9 Å². The van der Waals surface area contributed by atoms with Crippen LogP contribution in [0.5, 0.6) is 0 Å². The van der Waals surface area contributed by atoms with Gasteiger partial charge in [0.15, 0.2) is 0 Å². The lowest BCUT2D eigenvalue weighted by Gasteiger charge is -2.21. The minimum Gasteiger partial charge on any atom is -0.384 e. The van der Waals surface area contributed by atoms with Gasteiger partial charge in [-0.1, -0.05) is 0 Å². The molecule has 1 atom stereocenters. The predicted molar refractivity (Wildman–Crippen MR) is 50.5 cm³/mol. The summed E-state index contributed by atoms with van der Waals surface area (Å²) < 4.78 is 13.7. The summed E-state index contributed by atoms with van der Waals surface area (Å²) in [5.74, 6) is -0.696. The number of hydrogen-bond donors (Lipinski definition) is 2. The molecule has 1 rings (SSSR count). The highest BCUT2D eigenvalue weighted by Gasteiger charge is 2.25. The van der Waals surface area contributed by atoms with Gasteiger partial charge >= 0.3 is 0 Å². The molecule has 1 aromatic heterocycles. The van der Waals surface area contributed by atoms with Crippen molar-refractivity contribution in [2.24, 2.45) is 5.73 Å². The summed E-state index contributed by atoms with van der Waals surface area (Å²) in [5.41, 5.74) is 4.02. The average molecular weight is 249 g/mol. The van der Waals surface area contributed by atoms with E-state index in [4.69, 9.17) is 5.73 Å². The van der Waals surface area contributed by atoms with Gasteiger partial charge in [0, 0.05) is 22.8 Å². The van der Waals surface area contributed by atoms with Gasteiger partial charge in [0.25, 0.3) is 0 Å². The number of pyridine rings is 1. The molecule has 3 nitrogen and oxygen atoms in total. The Labute approximate surface area is 83.9 Å². The minimum absolute atomic E-state index is 0.0535. The molecule has 5 heteroatoms. The summed E-state index contributed by atoms with van der Waals surface area (Å²) in [6.07, 6.45) is 1.32. The van der Waals surface area contributed by atoms with E-state index in [-0.39, 0.29) is 12.1 Å². The molecule has 0 aliphatic heterocycles. The zero-order chi connectivity index (χ0) is 10.1. The van der Waals surface area contributed by atoms with Gasteiger partial charge < -0.3 is 10.8 Å². The van der Waals surface area contributed by atoms with Crippen molar-refractivity contribution < 1.29 is 9.50 Å². The zero-order valence-electron chi connectivity index (χ0n) is 7.09. The third-order valence-electron chi connectivity index (χ3n) is 1.78. The Kier molecular flexibility index (Phi) is 3.00. The summed E-state index contributed by atoms with van der Waals surface area (Å²) in [6, 6.07) is 1.47. The van der Waals surface area contributed by atoms with Crippen LogP contribution in [0.15, 0.2) is 16.7 Å². The maximum atomic E-state index is 13.1. The normalized spacial score (nSPS) is 15.5. The smallest absolute Gasteiger partial charge is 0.219 e. The first kappa shape index (κ1) is 10.6. The number of aliphatic hydroxyl groups is 1. The fraction of sp³-hybridized carbons (Fsp3) is 0.375. The molecule has 0 aliphatic rings. The summed E-state index contributed by atoms with van der Waals surface area (Å²) >= 11 is 3.14. The van der Waals surface area contributed by atoms with Crippen molar-refractivity contribution >= 4 is 15.9 Å². The lowest BCUT2D eigenvalue weighted by molar-refractivity contribution is 0.0620. The van der Waals surface area contributed by atoms with Crippen LogP contribution < -0.4 is 5.73 Å². The topological polar surface area (TPSA) is 59.1 Å². The van der Waals surface area contributed by atoms with Crippen LogP contribution in [0.3, 0.4) is 0 Å². The first-order chi connectivity index (χ1) is 5.97. The van der Waals surface area contributed by atoms with Gasteiger partial charge in [-0.2, -0.15) is 4.39 Å². The van der Waals surface area contributed by atoms with E-state index in [1.165, 1.54) is 19.2 Å². The standard InChI is InChI=1S/C8H10BrFN2O/c1-8(13,4-11)6-2-5(9)3-12-7(6)10/h2-3,13H,4,11H2,1H3. The SMILES string of the molecule is CC(O)(CN)c1cc(Br)cnc1F. The van der Waals surface area contributed by atoms with Crippen LogP contribution in [0, 0.1) is 5.95 Å². The van der Waals surface area contributed by atoms with Crippen LogP contribution in [0.2, 0.25) is 0 Å². The molecule has 0 saturated heterocycles. The van der Waals surface area contributed by atoms with Crippen molar-refractivity contribution in [2.75, 3.05) is 6.54 Å². The molecule has 13 heavy (non-hydrogen) atoms. The molecule has 0 radical (unpaired) electrons. The number of hydrogen-bond acceptors (Lipinski definition) is 3. The number of nitrogens with two attached hydrogens (primary N) is 1. The molecule has 0 aromatic carbocycles. The van der Waals surface area contributed by atoms with E-state index in [1.54, 1.807) is 0 Å². The molecule has 0 fully saturated rings. The molecule has 0 saturated carbocycles. The van der Waals surface area contributed by atoms with Crippen molar-refractivity contribution in [1.82, 2.24) is 4.98 Å². The molecule has 1 unspecified atom stereocenters. The van der Waals surface area contributed by atoms with Gasteiger partial charge in [-0.25, -0.2) is 4.98 Å². The second kappa shape index (κ2) is 3.69. The Bertz CT molecular complexity index is 317. The second-order valence-corrected chi connectivity index (χ2v) is 3.89. The quantitative estimate of drug-likeness (QED) is 0.773. The van der Waals surface area contributed by atoms with Crippen molar-refractivity contribution in [3.63, 3.8) is 0 Å². The first-order valence-corrected chi connectivity index (χ1v) is 4.50. The Morgan fingerprint density at radius 3 is 2.92 bits per heavy atom. The van der Waals surface area contributed by atoms with E-state index in [0.29, 0.717) is 4.47 Å². The number of nitrogens with zero attached hydrogens (tertiary/aromatic N) is 1. The highest BCUT2D eigenvalue weighted by atomic mass is 79.9. The maximum absolute atomic E-state index is 13.1. The van der Waals surface area contributed by atoms with Gasteiger partial charge in [-0.15, -0.1) is 0 Å². The molecular formula is C8H10BrFN2O. The predicted octanol–water partition coefficient (Wildman–Crippen LogP) is 1.15. The van der Waals surface area contributed by atoms with Crippen LogP contribution in [0.25, 0.3) is 0 Å². The molecule has 72 valence electrons. The van der Waals surface area contributed by atoms with Crippen molar-refractivity contribution in [3.05, 3.63) is 28.2 Å². The molecule has 0 spiro atoms. The van der Waals surface area contributed by atoms with Crippen LogP contribution in [-0.4, -0.2) is 16.6 Å². The van der Waals surface area contributed by atoms with E-state index < -0.39 is 11.5 Å². The zero-order valence-corrected chi connectivity index (χ0v) is 8.68. The Morgan fingerprint density at radius 2 is 2.38 bits per heavy atom. The highest BCUT2D eigenvalue weighted by molar-refractivity contribution is 9.10. The number of rotatable bonds is 2. The second-order valence-electron chi connectivity index (χ2n) is 2.97. The first-order valence-electron chi connectivity index (χ1n) is 3.71. The van der Waals surface area contributed by atoms with E-state index >= 15 is 0 Å². The van der Waals surface area contributed by atoms with Crippen molar-refractivity contribution in [2.45, 2.75) is 12.5 Å². The molecule has 1 heterocycles. The lowest BCUT2D eigenvalue weighted by Crippen LogP contribution is -2.32. The molecule has 0 aliphatic carbocycles. The molecule has 0 amide bonds. The molecular weight excluding hydrogens is 239 g/mol. The Balaban J connectivity index is 3.20. The van der Waals surface area contributed by atoms with Crippen LogP contribution in [-0.2, 0) is 5.60 Å². The summed E-state index contributed by atoms with van der Waals surface area (Å²) in [4.78, 5) is 3.46. The van der Waals surface area contributed by atoms with Crippen LogP contribution in [0.4, 0.5) is 4.39 Å². The van der Waals surface area contributed by atoms with Crippen LogP contribution in [0.1, 0.15) is 12.5 Å². The van der Waals surface area contributed by atoms with Gasteiger partial charge in [-0.3, -0.25) is 0 Å². The lowest BCUT2D eigenvalue weighted by atomic mass is 9.98. The van der Waals surface area contributed by atoms with Gasteiger partial charge in [0.2, 0.25) is 5.95 Å². The fourth-order valence-electron chi connectivity index (χ4n) is 0.910. The molecule has 1 aromatic rings. The summed E-state index contributed by atoms with van der Waals surface area (Å²) in [6.45, 7) is 1.39.